The van der Waals surface area contributed by atoms with E-state index in [9.17, 15) is 4.79 Å². The average molecular weight is 414 g/mol. The van der Waals surface area contributed by atoms with Crippen molar-refractivity contribution in [3.05, 3.63) is 84.1 Å². The van der Waals surface area contributed by atoms with Gasteiger partial charge in [-0.05, 0) is 36.4 Å². The molecule has 0 saturated heterocycles. The van der Waals surface area contributed by atoms with Crippen molar-refractivity contribution in [2.24, 2.45) is 0 Å². The molecular formula is C23H18N4O2S. The van der Waals surface area contributed by atoms with Crippen LogP contribution in [0.3, 0.4) is 0 Å². The molecule has 0 bridgehead atoms. The number of para-hydroxylation sites is 1. The van der Waals surface area contributed by atoms with Gasteiger partial charge in [0, 0.05) is 23.6 Å². The number of nitrogens with zero attached hydrogens (tertiary/aromatic N) is 3. The lowest BCUT2D eigenvalue weighted by Gasteiger charge is -2.06. The Kier molecular flexibility index (Phi) is 4.96. The Labute approximate surface area is 176 Å². The minimum Gasteiger partial charge on any atom is -0.364 e. The van der Waals surface area contributed by atoms with Gasteiger partial charge in [0.15, 0.2) is 0 Å². The van der Waals surface area contributed by atoms with Gasteiger partial charge in [0.1, 0.15) is 17.3 Å². The maximum Gasteiger partial charge on any atom is 0.250 e. The van der Waals surface area contributed by atoms with Crippen LogP contribution in [0.15, 0.2) is 79.1 Å². The van der Waals surface area contributed by atoms with E-state index in [0.717, 1.165) is 37.8 Å². The zero-order chi connectivity index (χ0) is 20.3. The minimum atomic E-state index is -0.198. The summed E-state index contributed by atoms with van der Waals surface area (Å²) in [6.07, 6.45) is 3.95. The molecule has 7 heteroatoms. The molecule has 0 aliphatic carbocycles. The molecule has 0 atom stereocenters. The lowest BCUT2D eigenvalue weighted by atomic mass is 10.1. The van der Waals surface area contributed by atoms with Crippen molar-refractivity contribution in [2.45, 2.75) is 6.61 Å². The van der Waals surface area contributed by atoms with E-state index in [0.29, 0.717) is 6.61 Å². The molecule has 1 N–H and O–H groups in total. The summed E-state index contributed by atoms with van der Waals surface area (Å²) in [5.74, 6) is -0.198. The van der Waals surface area contributed by atoms with Crippen LogP contribution in [0.1, 0.15) is 5.01 Å². The second-order valence-corrected chi connectivity index (χ2v) is 7.90. The zero-order valence-electron chi connectivity index (χ0n) is 16.0. The number of fused-ring (bicyclic) bond motifs is 2. The number of anilines is 1. The first-order valence-corrected chi connectivity index (χ1v) is 10.3. The summed E-state index contributed by atoms with van der Waals surface area (Å²) in [6.45, 7) is 0.295. The second-order valence-electron chi connectivity index (χ2n) is 6.79. The largest absolute Gasteiger partial charge is 0.364 e. The minimum absolute atomic E-state index is 0.0237. The first kappa shape index (κ1) is 18.5. The highest BCUT2D eigenvalue weighted by atomic mass is 32.1. The van der Waals surface area contributed by atoms with E-state index >= 15 is 0 Å². The molecule has 5 rings (SSSR count). The summed E-state index contributed by atoms with van der Waals surface area (Å²) in [4.78, 5) is 21.3. The number of pyridine rings is 1. The van der Waals surface area contributed by atoms with Crippen LogP contribution in [-0.4, -0.2) is 26.9 Å². The molecule has 0 aliphatic rings. The first-order valence-electron chi connectivity index (χ1n) is 9.51. The number of benzene rings is 2. The van der Waals surface area contributed by atoms with E-state index in [1.54, 1.807) is 11.3 Å². The molecule has 2 aromatic carbocycles. The monoisotopic (exact) mass is 414 g/mol. The molecule has 0 radical (unpaired) electrons. The second kappa shape index (κ2) is 8.06. The number of carbonyl (C=O) groups excluding carboxylic acids is 1. The Morgan fingerprint density at radius 2 is 1.83 bits per heavy atom. The van der Waals surface area contributed by atoms with Gasteiger partial charge in [0.05, 0.1) is 22.5 Å². The normalized spacial score (nSPS) is 11.2. The maximum atomic E-state index is 12.2. The summed E-state index contributed by atoms with van der Waals surface area (Å²) in [6, 6.07) is 21.5. The molecule has 0 fully saturated rings. The molecule has 3 aromatic heterocycles. The number of hydrogen-bond donors (Lipinski definition) is 1. The number of nitrogens with one attached hydrogen (secondary N) is 1. The van der Waals surface area contributed by atoms with Gasteiger partial charge in [-0.2, -0.15) is 0 Å². The Hall–Kier alpha value is -3.55. The number of carbonyl (C=O) groups is 1. The fourth-order valence-corrected chi connectivity index (χ4v) is 4.11. The van der Waals surface area contributed by atoms with Crippen molar-refractivity contribution in [2.75, 3.05) is 11.9 Å². The van der Waals surface area contributed by atoms with E-state index in [-0.39, 0.29) is 12.5 Å². The van der Waals surface area contributed by atoms with Gasteiger partial charge in [0.2, 0.25) is 5.91 Å². The summed E-state index contributed by atoms with van der Waals surface area (Å²) in [5.41, 5.74) is 4.45. The Morgan fingerprint density at radius 1 is 1.00 bits per heavy atom. The van der Waals surface area contributed by atoms with Gasteiger partial charge in [-0.15, -0.1) is 11.3 Å². The van der Waals surface area contributed by atoms with E-state index < -0.39 is 0 Å². The average Bonchev–Trinajstić information content (AvgIpc) is 3.38. The summed E-state index contributed by atoms with van der Waals surface area (Å²) >= 11 is 1.58. The van der Waals surface area contributed by atoms with Gasteiger partial charge in [-0.1, -0.05) is 30.3 Å². The highest BCUT2D eigenvalue weighted by Gasteiger charge is 2.08. The van der Waals surface area contributed by atoms with Gasteiger partial charge in [-0.25, -0.2) is 9.97 Å². The van der Waals surface area contributed by atoms with Crippen LogP contribution in [0.4, 0.5) is 5.69 Å². The topological polar surface area (TPSA) is 68.5 Å². The Balaban J connectivity index is 1.16. The van der Waals surface area contributed by atoms with Crippen LogP contribution in [0.5, 0.6) is 0 Å². The van der Waals surface area contributed by atoms with E-state index in [2.05, 4.69) is 15.3 Å². The molecule has 3 heterocycles. The lowest BCUT2D eigenvalue weighted by molar-refractivity contribution is -0.121. The van der Waals surface area contributed by atoms with Crippen LogP contribution in [0.2, 0.25) is 0 Å². The fourth-order valence-electron chi connectivity index (χ4n) is 3.21. The number of rotatable bonds is 6. The van der Waals surface area contributed by atoms with Crippen molar-refractivity contribution in [1.29, 1.82) is 0 Å². The first-order chi connectivity index (χ1) is 14.7. The number of ether oxygens (including phenoxy) is 1. The SMILES string of the molecule is O=C(COCc1nc2ccccc2s1)Nc1ccc(-c2cn3ccccc3n2)cc1. The van der Waals surface area contributed by atoms with Gasteiger partial charge in [-0.3, -0.25) is 4.79 Å². The number of thiazole rings is 1. The van der Waals surface area contributed by atoms with Gasteiger partial charge >= 0.3 is 0 Å². The molecule has 6 nitrogen and oxygen atoms in total. The lowest BCUT2D eigenvalue weighted by Crippen LogP contribution is -2.18. The van der Waals surface area contributed by atoms with Crippen LogP contribution in [0, 0.1) is 0 Å². The molecular weight excluding hydrogens is 396 g/mol. The Morgan fingerprint density at radius 3 is 2.67 bits per heavy atom. The number of hydrogen-bond acceptors (Lipinski definition) is 5. The molecule has 30 heavy (non-hydrogen) atoms. The van der Waals surface area contributed by atoms with Crippen LogP contribution >= 0.6 is 11.3 Å². The number of amides is 1. The quantitative estimate of drug-likeness (QED) is 0.435. The number of aromatic nitrogens is 3. The third-order valence-corrected chi connectivity index (χ3v) is 5.64. The molecule has 0 spiro atoms. The molecule has 1 amide bonds. The predicted molar refractivity (Wildman–Crippen MR) is 119 cm³/mol. The third kappa shape index (κ3) is 3.94. The van der Waals surface area contributed by atoms with Gasteiger partial charge in [0.25, 0.3) is 0 Å². The zero-order valence-corrected chi connectivity index (χ0v) is 16.8. The highest BCUT2D eigenvalue weighted by Crippen LogP contribution is 2.23. The predicted octanol–water partition coefficient (Wildman–Crippen LogP) is 4.77. The molecule has 0 aliphatic heterocycles. The molecule has 5 aromatic rings. The van der Waals surface area contributed by atoms with Crippen molar-refractivity contribution in [3.63, 3.8) is 0 Å². The summed E-state index contributed by atoms with van der Waals surface area (Å²) in [5, 5.41) is 3.72. The molecule has 148 valence electrons. The number of imidazole rings is 1. The van der Waals surface area contributed by atoms with E-state index in [1.165, 1.54) is 0 Å². The standard InChI is InChI=1S/C23H18N4O2S/c28-22(14-29-15-23-26-18-5-1-2-6-20(18)30-23)24-17-10-8-16(9-11-17)19-13-27-12-4-3-7-21(27)25-19/h1-13H,14-15H2,(H,24,28). The highest BCUT2D eigenvalue weighted by molar-refractivity contribution is 7.18. The molecule has 0 saturated carbocycles. The van der Waals surface area contributed by atoms with Crippen molar-refractivity contribution in [3.8, 4) is 11.3 Å². The smallest absolute Gasteiger partial charge is 0.250 e. The van der Waals surface area contributed by atoms with Crippen molar-refractivity contribution >= 4 is 38.8 Å². The van der Waals surface area contributed by atoms with Crippen molar-refractivity contribution in [1.82, 2.24) is 14.4 Å². The Bertz CT molecular complexity index is 1260. The van der Waals surface area contributed by atoms with Gasteiger partial charge < -0.3 is 14.5 Å². The van der Waals surface area contributed by atoms with E-state index in [1.807, 2.05) is 83.5 Å². The van der Waals surface area contributed by atoms with E-state index in [4.69, 9.17) is 4.74 Å². The molecule has 0 unspecified atom stereocenters. The van der Waals surface area contributed by atoms with Crippen LogP contribution in [0.25, 0.3) is 27.1 Å². The van der Waals surface area contributed by atoms with Crippen LogP contribution in [-0.2, 0) is 16.1 Å². The summed E-state index contributed by atoms with van der Waals surface area (Å²) in [7, 11) is 0. The fraction of sp³-hybridized carbons (Fsp3) is 0.0870. The van der Waals surface area contributed by atoms with Crippen molar-refractivity contribution < 1.29 is 9.53 Å². The van der Waals surface area contributed by atoms with Crippen LogP contribution < -0.4 is 5.32 Å². The summed E-state index contributed by atoms with van der Waals surface area (Å²) < 4.78 is 8.63. The third-order valence-electron chi connectivity index (χ3n) is 4.63. The maximum absolute atomic E-state index is 12.2.